The van der Waals surface area contributed by atoms with Gasteiger partial charge in [-0.05, 0) is 47.4 Å². The van der Waals surface area contributed by atoms with Crippen molar-refractivity contribution in [3.63, 3.8) is 0 Å². The second-order valence-corrected chi connectivity index (χ2v) is 7.49. The van der Waals surface area contributed by atoms with Crippen molar-refractivity contribution in [1.82, 2.24) is 4.90 Å². The Morgan fingerprint density at radius 3 is 2.69 bits per heavy atom. The van der Waals surface area contributed by atoms with Gasteiger partial charge < -0.3 is 10.2 Å². The zero-order valence-corrected chi connectivity index (χ0v) is 16.1. The largest absolute Gasteiger partial charge is 0.342 e. The maximum absolute atomic E-state index is 13.3. The average Bonchev–Trinajstić information content (AvgIpc) is 2.74. The predicted octanol–water partition coefficient (Wildman–Crippen LogP) is 4.40. The van der Waals surface area contributed by atoms with Gasteiger partial charge in [-0.1, -0.05) is 48.5 Å². The summed E-state index contributed by atoms with van der Waals surface area (Å²) in [6, 6.07) is 19.9. The lowest BCUT2D eigenvalue weighted by Gasteiger charge is -2.32. The Labute approximate surface area is 169 Å². The topological polar surface area (TPSA) is 49.4 Å². The van der Waals surface area contributed by atoms with Gasteiger partial charge in [-0.25, -0.2) is 4.39 Å². The van der Waals surface area contributed by atoms with Gasteiger partial charge in [0.25, 0.3) is 0 Å². The summed E-state index contributed by atoms with van der Waals surface area (Å²) < 4.78 is 13.3. The number of anilines is 1. The molecular formula is C24H23FN2O2. The minimum absolute atomic E-state index is 0.0320. The normalized spacial score (nSPS) is 16.6. The molecular weight excluding hydrogens is 367 g/mol. The van der Waals surface area contributed by atoms with Crippen LogP contribution in [0.3, 0.4) is 0 Å². The van der Waals surface area contributed by atoms with Crippen molar-refractivity contribution in [3.8, 4) is 0 Å². The standard InChI is InChI=1S/C24H23FN2O2/c25-20-10-4-11-21(15-20)26-24(29)19-9-5-13-27(16-19)23(28)14-18-8-3-7-17-6-1-2-12-22(17)18/h1-4,6-8,10-12,15,19H,5,9,13-14,16H2,(H,26,29). The molecule has 148 valence electrons. The number of benzene rings is 3. The number of nitrogens with zero attached hydrogens (tertiary/aromatic N) is 1. The molecule has 0 saturated carbocycles. The van der Waals surface area contributed by atoms with Crippen LogP contribution in [0.5, 0.6) is 0 Å². The lowest BCUT2D eigenvalue weighted by Crippen LogP contribution is -2.44. The van der Waals surface area contributed by atoms with E-state index in [4.69, 9.17) is 0 Å². The van der Waals surface area contributed by atoms with Crippen molar-refractivity contribution in [2.75, 3.05) is 18.4 Å². The highest BCUT2D eigenvalue weighted by molar-refractivity contribution is 5.94. The van der Waals surface area contributed by atoms with Crippen LogP contribution >= 0.6 is 0 Å². The number of hydrogen-bond acceptors (Lipinski definition) is 2. The van der Waals surface area contributed by atoms with E-state index in [1.165, 1.54) is 12.1 Å². The summed E-state index contributed by atoms with van der Waals surface area (Å²) in [5.74, 6) is -0.815. The van der Waals surface area contributed by atoms with E-state index in [1.807, 2.05) is 42.5 Å². The zero-order chi connectivity index (χ0) is 20.2. The molecule has 0 spiro atoms. The number of halogens is 1. The predicted molar refractivity (Wildman–Crippen MR) is 112 cm³/mol. The first-order valence-electron chi connectivity index (χ1n) is 9.91. The number of rotatable bonds is 4. The van der Waals surface area contributed by atoms with E-state index in [2.05, 4.69) is 5.32 Å². The molecule has 0 aromatic heterocycles. The summed E-state index contributed by atoms with van der Waals surface area (Å²) in [5.41, 5.74) is 1.44. The van der Waals surface area contributed by atoms with Gasteiger partial charge in [-0.3, -0.25) is 9.59 Å². The molecule has 29 heavy (non-hydrogen) atoms. The first kappa shape index (κ1) is 19.1. The van der Waals surface area contributed by atoms with Crippen molar-refractivity contribution in [3.05, 3.63) is 78.1 Å². The van der Waals surface area contributed by atoms with Crippen LogP contribution in [0.25, 0.3) is 10.8 Å². The summed E-state index contributed by atoms with van der Waals surface area (Å²) in [5, 5.41) is 4.97. The monoisotopic (exact) mass is 390 g/mol. The average molecular weight is 390 g/mol. The maximum atomic E-state index is 13.3. The van der Waals surface area contributed by atoms with E-state index in [0.717, 1.165) is 29.2 Å². The summed E-state index contributed by atoms with van der Waals surface area (Å²) in [6.45, 7) is 1.05. The number of piperidine rings is 1. The molecule has 3 aromatic carbocycles. The van der Waals surface area contributed by atoms with Crippen molar-refractivity contribution in [1.29, 1.82) is 0 Å². The van der Waals surface area contributed by atoms with Gasteiger partial charge in [0.05, 0.1) is 12.3 Å². The molecule has 0 radical (unpaired) electrons. The Balaban J connectivity index is 1.42. The van der Waals surface area contributed by atoms with Crippen LogP contribution in [0.4, 0.5) is 10.1 Å². The number of carbonyl (C=O) groups is 2. The first-order chi connectivity index (χ1) is 14.1. The van der Waals surface area contributed by atoms with Gasteiger partial charge in [0.1, 0.15) is 5.82 Å². The van der Waals surface area contributed by atoms with Gasteiger partial charge >= 0.3 is 0 Å². The van der Waals surface area contributed by atoms with E-state index < -0.39 is 5.82 Å². The molecule has 4 rings (SSSR count). The molecule has 0 bridgehead atoms. The Morgan fingerprint density at radius 2 is 1.83 bits per heavy atom. The molecule has 0 aliphatic carbocycles. The molecule has 1 heterocycles. The van der Waals surface area contributed by atoms with Crippen LogP contribution < -0.4 is 5.32 Å². The van der Waals surface area contributed by atoms with Crippen LogP contribution in [0, 0.1) is 11.7 Å². The number of nitrogens with one attached hydrogen (secondary N) is 1. The molecule has 5 heteroatoms. The quantitative estimate of drug-likeness (QED) is 0.718. The minimum atomic E-state index is -0.390. The first-order valence-corrected chi connectivity index (χ1v) is 9.91. The maximum Gasteiger partial charge on any atom is 0.229 e. The van der Waals surface area contributed by atoms with Gasteiger partial charge in [0, 0.05) is 18.8 Å². The zero-order valence-electron chi connectivity index (χ0n) is 16.1. The molecule has 1 fully saturated rings. The number of hydrogen-bond donors (Lipinski definition) is 1. The highest BCUT2D eigenvalue weighted by atomic mass is 19.1. The number of carbonyl (C=O) groups excluding carboxylic acids is 2. The van der Waals surface area contributed by atoms with Gasteiger partial charge in [0.2, 0.25) is 11.8 Å². The summed E-state index contributed by atoms with van der Waals surface area (Å²) in [6.07, 6.45) is 1.82. The van der Waals surface area contributed by atoms with Crippen LogP contribution in [0.1, 0.15) is 18.4 Å². The van der Waals surface area contributed by atoms with Gasteiger partial charge in [0.15, 0.2) is 0 Å². The number of amides is 2. The molecule has 2 amide bonds. The van der Waals surface area contributed by atoms with E-state index in [0.29, 0.717) is 25.2 Å². The number of fused-ring (bicyclic) bond motifs is 1. The van der Waals surface area contributed by atoms with E-state index in [9.17, 15) is 14.0 Å². The van der Waals surface area contributed by atoms with E-state index >= 15 is 0 Å². The molecule has 1 aliphatic heterocycles. The molecule has 1 saturated heterocycles. The van der Waals surface area contributed by atoms with Crippen LogP contribution in [-0.2, 0) is 16.0 Å². The van der Waals surface area contributed by atoms with E-state index in [-0.39, 0.29) is 17.7 Å². The molecule has 1 aliphatic rings. The minimum Gasteiger partial charge on any atom is -0.342 e. The SMILES string of the molecule is O=C(Nc1cccc(F)c1)C1CCCN(C(=O)Cc2cccc3ccccc23)C1. The van der Waals surface area contributed by atoms with Crippen molar-refractivity contribution in [2.45, 2.75) is 19.3 Å². The Kier molecular flexibility index (Phi) is 5.56. The van der Waals surface area contributed by atoms with Crippen LogP contribution in [0.15, 0.2) is 66.7 Å². The number of likely N-dealkylation sites (tertiary alicyclic amines) is 1. The highest BCUT2D eigenvalue weighted by Crippen LogP contribution is 2.23. The van der Waals surface area contributed by atoms with Crippen molar-refractivity contribution >= 4 is 28.3 Å². The third-order valence-electron chi connectivity index (χ3n) is 5.46. The lowest BCUT2D eigenvalue weighted by atomic mass is 9.95. The Morgan fingerprint density at radius 1 is 1.03 bits per heavy atom. The summed E-state index contributed by atoms with van der Waals surface area (Å²) >= 11 is 0. The fourth-order valence-corrected chi connectivity index (χ4v) is 3.95. The second-order valence-electron chi connectivity index (χ2n) is 7.49. The fourth-order valence-electron chi connectivity index (χ4n) is 3.95. The fraction of sp³-hybridized carbons (Fsp3) is 0.250. The molecule has 3 aromatic rings. The van der Waals surface area contributed by atoms with E-state index in [1.54, 1.807) is 17.0 Å². The molecule has 1 N–H and O–H groups in total. The van der Waals surface area contributed by atoms with Crippen LogP contribution in [0.2, 0.25) is 0 Å². The smallest absolute Gasteiger partial charge is 0.229 e. The molecule has 1 atom stereocenters. The van der Waals surface area contributed by atoms with Crippen LogP contribution in [-0.4, -0.2) is 29.8 Å². The van der Waals surface area contributed by atoms with Gasteiger partial charge in [-0.15, -0.1) is 0 Å². The van der Waals surface area contributed by atoms with Gasteiger partial charge in [-0.2, -0.15) is 0 Å². The third kappa shape index (κ3) is 4.45. The lowest BCUT2D eigenvalue weighted by molar-refractivity contribution is -0.133. The third-order valence-corrected chi connectivity index (χ3v) is 5.46. The molecule has 4 nitrogen and oxygen atoms in total. The summed E-state index contributed by atoms with van der Waals surface area (Å²) in [7, 11) is 0. The second kappa shape index (κ2) is 8.43. The highest BCUT2D eigenvalue weighted by Gasteiger charge is 2.28. The Bertz CT molecular complexity index is 1040. The molecule has 1 unspecified atom stereocenters. The van der Waals surface area contributed by atoms with Crippen molar-refractivity contribution in [2.24, 2.45) is 5.92 Å². The van der Waals surface area contributed by atoms with Crippen molar-refractivity contribution < 1.29 is 14.0 Å². The Hall–Kier alpha value is -3.21. The summed E-state index contributed by atoms with van der Waals surface area (Å²) in [4.78, 5) is 27.3.